The van der Waals surface area contributed by atoms with Crippen LogP contribution in [0.1, 0.15) is 136 Å². The van der Waals surface area contributed by atoms with E-state index in [0.717, 1.165) is 64.3 Å². The number of unbranched alkanes of at least 4 members (excludes halogenated alkanes) is 5. The number of anilines is 1. The summed E-state index contributed by atoms with van der Waals surface area (Å²) in [5.41, 5.74) is 10.5. The van der Waals surface area contributed by atoms with Crippen LogP contribution in [-0.2, 0) is 23.9 Å². The Bertz CT molecular complexity index is 1470. The molecule has 0 bridgehead atoms. The van der Waals surface area contributed by atoms with E-state index in [2.05, 4.69) is 57.0 Å². The molecule has 0 saturated heterocycles. The molecule has 5 rings (SSSR count). The summed E-state index contributed by atoms with van der Waals surface area (Å²) in [6.45, 7) is 10.4. The Hall–Kier alpha value is -3.22. The van der Waals surface area contributed by atoms with Gasteiger partial charge in [-0.05, 0) is 111 Å². The third-order valence-corrected chi connectivity index (χ3v) is 12.9. The van der Waals surface area contributed by atoms with Crippen molar-refractivity contribution >= 4 is 29.1 Å². The zero-order valence-corrected chi connectivity index (χ0v) is 30.9. The number of hydrogen-bond donors (Lipinski definition) is 1. The minimum absolute atomic E-state index is 0.00982. The average Bonchev–Trinajstić information content (AvgIpc) is 3.34. The highest BCUT2D eigenvalue weighted by molar-refractivity contribution is 5.93. The fraction of sp³-hybridized carbons (Fsp3) is 0.667. The summed E-state index contributed by atoms with van der Waals surface area (Å²) in [7, 11) is 2.16. The lowest BCUT2D eigenvalue weighted by atomic mass is 9.50. The van der Waals surface area contributed by atoms with Gasteiger partial charge in [-0.2, -0.15) is 0 Å². The molecule has 2 N–H and O–H groups in total. The molecule has 0 heterocycles. The molecule has 0 radical (unpaired) electrons. The maximum Gasteiger partial charge on any atom is 0.303 e. The highest BCUT2D eigenvalue weighted by Crippen LogP contribution is 2.67. The van der Waals surface area contributed by atoms with Crippen LogP contribution < -0.4 is 10.6 Å². The number of allylic oxidation sites excluding steroid dienone is 4. The van der Waals surface area contributed by atoms with Gasteiger partial charge in [0.25, 0.3) is 0 Å². The number of rotatable bonds is 15. The Balaban J connectivity index is 1.28. The Kier molecular flexibility index (Phi) is 11.6. The molecular weight excluding hydrogens is 612 g/mol. The first kappa shape index (κ1) is 37.0. The fourth-order valence-electron chi connectivity index (χ4n) is 10.3. The Morgan fingerprint density at radius 3 is 2.27 bits per heavy atom. The van der Waals surface area contributed by atoms with E-state index in [4.69, 9.17) is 10.5 Å². The second-order valence-corrected chi connectivity index (χ2v) is 16.2. The predicted octanol–water partition coefficient (Wildman–Crippen LogP) is 8.40. The molecule has 0 unspecified atom stereocenters. The van der Waals surface area contributed by atoms with Crippen molar-refractivity contribution in [1.82, 2.24) is 0 Å². The minimum Gasteiger partial charge on any atom is -0.451 e. The van der Waals surface area contributed by atoms with Crippen molar-refractivity contribution in [1.29, 1.82) is 0 Å². The van der Waals surface area contributed by atoms with Crippen molar-refractivity contribution in [2.45, 2.75) is 136 Å². The second kappa shape index (κ2) is 15.3. The van der Waals surface area contributed by atoms with Gasteiger partial charge in [0, 0.05) is 49.9 Å². The third kappa shape index (κ3) is 7.46. The molecule has 0 spiro atoms. The summed E-state index contributed by atoms with van der Waals surface area (Å²) in [5, 5.41) is 0. The van der Waals surface area contributed by atoms with Crippen LogP contribution in [0.25, 0.3) is 0 Å². The fourth-order valence-corrected chi connectivity index (χ4v) is 10.3. The number of Topliss-reactive ketones (excluding diaryl/α,β-unsaturated/α-hetero) is 1. The first-order chi connectivity index (χ1) is 23.3. The number of amides is 1. The highest BCUT2D eigenvalue weighted by atomic mass is 16.6. The first-order valence-corrected chi connectivity index (χ1v) is 19.1. The molecule has 6 atom stereocenters. The van der Waals surface area contributed by atoms with Crippen LogP contribution in [0.5, 0.6) is 0 Å². The second-order valence-electron chi connectivity index (χ2n) is 16.2. The van der Waals surface area contributed by atoms with E-state index in [1.54, 1.807) is 6.92 Å². The maximum atomic E-state index is 13.4. The van der Waals surface area contributed by atoms with Gasteiger partial charge in [-0.25, -0.2) is 0 Å². The zero-order chi connectivity index (χ0) is 35.5. The van der Waals surface area contributed by atoms with Crippen LogP contribution in [0.3, 0.4) is 0 Å². The number of ether oxygens (including phenoxy) is 1. The smallest absolute Gasteiger partial charge is 0.303 e. The molecule has 268 valence electrons. The molecule has 49 heavy (non-hydrogen) atoms. The van der Waals surface area contributed by atoms with E-state index >= 15 is 0 Å². The molecule has 7 heteroatoms. The monoisotopic (exact) mass is 672 g/mol. The van der Waals surface area contributed by atoms with Gasteiger partial charge < -0.3 is 15.4 Å². The normalized spacial score (nSPS) is 28.3. The summed E-state index contributed by atoms with van der Waals surface area (Å²) >= 11 is 0. The van der Waals surface area contributed by atoms with E-state index in [0.29, 0.717) is 24.7 Å². The minimum atomic E-state index is -1.10. The van der Waals surface area contributed by atoms with Crippen LogP contribution in [0.2, 0.25) is 0 Å². The number of hydrogen-bond acceptors (Lipinski definition) is 6. The number of ketones is 2. The topological polar surface area (TPSA) is 107 Å². The van der Waals surface area contributed by atoms with Crippen LogP contribution in [0, 0.1) is 29.1 Å². The lowest BCUT2D eigenvalue weighted by Gasteiger charge is -2.55. The van der Waals surface area contributed by atoms with E-state index < -0.39 is 11.0 Å². The molecule has 4 aliphatic rings. The van der Waals surface area contributed by atoms with Crippen molar-refractivity contribution in [3.8, 4) is 0 Å². The van der Waals surface area contributed by atoms with Crippen molar-refractivity contribution in [2.24, 2.45) is 34.8 Å². The zero-order valence-electron chi connectivity index (χ0n) is 30.9. The van der Waals surface area contributed by atoms with Crippen molar-refractivity contribution in [3.05, 3.63) is 52.6 Å². The van der Waals surface area contributed by atoms with Gasteiger partial charge in [0.1, 0.15) is 0 Å². The molecular formula is C42H60N2O5. The number of nitrogens with zero attached hydrogens (tertiary/aromatic N) is 1. The number of fused-ring (bicyclic) bond motifs is 4. The molecule has 1 amide bonds. The Morgan fingerprint density at radius 2 is 1.63 bits per heavy atom. The van der Waals surface area contributed by atoms with Crippen LogP contribution in [-0.4, -0.2) is 42.6 Å². The lowest BCUT2D eigenvalue weighted by Crippen LogP contribution is -2.57. The molecule has 4 aliphatic carbocycles. The average molecular weight is 673 g/mol. The van der Waals surface area contributed by atoms with Crippen molar-refractivity contribution in [3.63, 3.8) is 0 Å². The number of carbonyl (C=O) groups is 4. The van der Waals surface area contributed by atoms with E-state index in [1.165, 1.54) is 54.2 Å². The van der Waals surface area contributed by atoms with Crippen molar-refractivity contribution in [2.75, 3.05) is 18.5 Å². The quantitative estimate of drug-likeness (QED) is 0.148. The SMILES string of the molecule is CC(=O)O[C@]1(C(C)=O)CC[C@H]2[C@@H]3CCC4=CC(=O)CCC4=C3[C@@H](c3ccc(N(C)CCCCCCCC[C@H](C(N)=O)C(C)C)cc3)C[C@@]21C. The lowest BCUT2D eigenvalue weighted by molar-refractivity contribution is -0.182. The molecule has 2 fully saturated rings. The summed E-state index contributed by atoms with van der Waals surface area (Å²) in [6, 6.07) is 9.00. The summed E-state index contributed by atoms with van der Waals surface area (Å²) in [5.74, 6) is 0.601. The van der Waals surface area contributed by atoms with Gasteiger partial charge in [0.15, 0.2) is 17.2 Å². The Morgan fingerprint density at radius 1 is 0.959 bits per heavy atom. The van der Waals surface area contributed by atoms with E-state index in [9.17, 15) is 19.2 Å². The number of primary amides is 1. The summed E-state index contributed by atoms with van der Waals surface area (Å²) in [4.78, 5) is 52.3. The first-order valence-electron chi connectivity index (χ1n) is 19.1. The molecule has 1 aromatic rings. The van der Waals surface area contributed by atoms with Gasteiger partial charge in [-0.3, -0.25) is 19.2 Å². The number of carbonyl (C=O) groups excluding carboxylic acids is 4. The van der Waals surface area contributed by atoms with E-state index in [-0.39, 0.29) is 41.2 Å². The molecule has 7 nitrogen and oxygen atoms in total. The molecule has 0 aliphatic heterocycles. The van der Waals surface area contributed by atoms with Gasteiger partial charge in [-0.1, -0.05) is 70.6 Å². The van der Waals surface area contributed by atoms with E-state index in [1.807, 2.05) is 6.08 Å². The molecule has 0 aromatic heterocycles. The maximum absolute atomic E-state index is 13.4. The van der Waals surface area contributed by atoms with Gasteiger partial charge in [-0.15, -0.1) is 0 Å². The van der Waals surface area contributed by atoms with Gasteiger partial charge >= 0.3 is 5.97 Å². The summed E-state index contributed by atoms with van der Waals surface area (Å²) < 4.78 is 6.08. The van der Waals surface area contributed by atoms with Gasteiger partial charge in [0.2, 0.25) is 5.91 Å². The number of nitrogens with two attached hydrogens (primary N) is 1. The van der Waals surface area contributed by atoms with Crippen molar-refractivity contribution < 1.29 is 23.9 Å². The van der Waals surface area contributed by atoms with Crippen LogP contribution in [0.15, 0.2) is 47.1 Å². The molecule has 1 aromatic carbocycles. The number of esters is 1. The highest BCUT2D eigenvalue weighted by Gasteiger charge is 2.67. The summed E-state index contributed by atoms with van der Waals surface area (Å²) in [6.07, 6.45) is 15.1. The van der Waals surface area contributed by atoms with Gasteiger partial charge in [0.05, 0.1) is 0 Å². The Labute approximate surface area is 294 Å². The largest absolute Gasteiger partial charge is 0.451 e. The number of benzene rings is 1. The van der Waals surface area contributed by atoms with Crippen LogP contribution in [0.4, 0.5) is 5.69 Å². The standard InChI is InChI=1S/C42H60N2O5/c1-27(2)34(40(43)48)13-11-9-7-8-10-12-24-44(6)32-17-14-30(15-18-32)37-26-41(5)38(22-23-42(41,28(3)45)49-29(4)46)36-20-16-31-25-33(47)19-21-35(31)39(36)37/h14-15,17-18,25,27,34,36-38H,7-13,16,19-24,26H2,1-6H3,(H2,43,48)/t34-,36-,37+,38-,41-,42-/m0/s1. The predicted molar refractivity (Wildman–Crippen MR) is 195 cm³/mol. The third-order valence-electron chi connectivity index (χ3n) is 12.9. The van der Waals surface area contributed by atoms with Crippen LogP contribution >= 0.6 is 0 Å². The molecule has 2 saturated carbocycles.